The maximum Gasteiger partial charge on any atom is 0.416 e. The number of carbonyl (C=O) groups excluding carboxylic acids is 1. The minimum Gasteiger partial charge on any atom is -0.450 e. The van der Waals surface area contributed by atoms with Crippen molar-refractivity contribution in [2.75, 3.05) is 32.8 Å². The summed E-state index contributed by atoms with van der Waals surface area (Å²) in [6.45, 7) is 5.32. The standard InChI is InChI=1S/C20H22F3N3O2/c1-2-28-19(27)26-8-6-25(7-9-26)14-15-10-17(13-24-12-15)16-4-3-5-18(11-16)20(21,22)23/h3-5,10-13H,2,6-9,14H2,1H3. The van der Waals surface area contributed by atoms with Gasteiger partial charge in [-0.1, -0.05) is 12.1 Å². The number of halogens is 3. The van der Waals surface area contributed by atoms with Gasteiger partial charge < -0.3 is 9.64 Å². The Morgan fingerprint density at radius 2 is 1.86 bits per heavy atom. The van der Waals surface area contributed by atoms with E-state index in [0.29, 0.717) is 50.5 Å². The van der Waals surface area contributed by atoms with Gasteiger partial charge in [-0.2, -0.15) is 13.2 Å². The largest absolute Gasteiger partial charge is 0.450 e. The Kier molecular flexibility index (Phi) is 6.18. The number of carbonyl (C=O) groups is 1. The van der Waals surface area contributed by atoms with Crippen LogP contribution in [0.1, 0.15) is 18.1 Å². The van der Waals surface area contributed by atoms with Crippen LogP contribution in [0.3, 0.4) is 0 Å². The fourth-order valence-electron chi connectivity index (χ4n) is 3.17. The van der Waals surface area contributed by atoms with Crippen LogP contribution in [-0.4, -0.2) is 53.7 Å². The van der Waals surface area contributed by atoms with Crippen molar-refractivity contribution < 1.29 is 22.7 Å². The summed E-state index contributed by atoms with van der Waals surface area (Å²) in [5.74, 6) is 0. The Labute approximate surface area is 161 Å². The Morgan fingerprint density at radius 1 is 1.11 bits per heavy atom. The van der Waals surface area contributed by atoms with Gasteiger partial charge in [0.05, 0.1) is 12.2 Å². The number of benzene rings is 1. The minimum atomic E-state index is -4.38. The van der Waals surface area contributed by atoms with E-state index < -0.39 is 11.7 Å². The van der Waals surface area contributed by atoms with E-state index in [1.807, 2.05) is 6.07 Å². The fourth-order valence-corrected chi connectivity index (χ4v) is 3.17. The molecule has 150 valence electrons. The van der Waals surface area contributed by atoms with E-state index in [1.54, 1.807) is 30.3 Å². The van der Waals surface area contributed by atoms with Crippen molar-refractivity contribution in [2.24, 2.45) is 0 Å². The first kappa shape index (κ1) is 20.1. The van der Waals surface area contributed by atoms with Gasteiger partial charge in [-0.05, 0) is 36.2 Å². The van der Waals surface area contributed by atoms with Gasteiger partial charge in [-0.25, -0.2) is 4.79 Å². The number of ether oxygens (including phenoxy) is 1. The van der Waals surface area contributed by atoms with Crippen LogP contribution < -0.4 is 0 Å². The molecule has 1 aromatic heterocycles. The van der Waals surface area contributed by atoms with Crippen LogP contribution in [0.25, 0.3) is 11.1 Å². The minimum absolute atomic E-state index is 0.296. The number of hydrogen-bond donors (Lipinski definition) is 0. The second-order valence-electron chi connectivity index (χ2n) is 6.62. The number of alkyl halides is 3. The summed E-state index contributed by atoms with van der Waals surface area (Å²) >= 11 is 0. The topological polar surface area (TPSA) is 45.7 Å². The van der Waals surface area contributed by atoms with Crippen LogP contribution >= 0.6 is 0 Å². The van der Waals surface area contributed by atoms with Crippen molar-refractivity contribution in [3.05, 3.63) is 53.9 Å². The Morgan fingerprint density at radius 3 is 2.54 bits per heavy atom. The zero-order valence-corrected chi connectivity index (χ0v) is 15.6. The van der Waals surface area contributed by atoms with Crippen LogP contribution in [-0.2, 0) is 17.5 Å². The highest BCUT2D eigenvalue weighted by Gasteiger charge is 2.30. The van der Waals surface area contributed by atoms with Crippen molar-refractivity contribution >= 4 is 6.09 Å². The van der Waals surface area contributed by atoms with Gasteiger partial charge in [0, 0.05) is 50.7 Å². The normalized spacial score (nSPS) is 15.5. The van der Waals surface area contributed by atoms with Crippen LogP contribution in [0.4, 0.5) is 18.0 Å². The van der Waals surface area contributed by atoms with Gasteiger partial charge in [0.25, 0.3) is 0 Å². The van der Waals surface area contributed by atoms with E-state index in [2.05, 4.69) is 9.88 Å². The fraction of sp³-hybridized carbons (Fsp3) is 0.400. The van der Waals surface area contributed by atoms with E-state index in [-0.39, 0.29) is 6.09 Å². The molecule has 1 aliphatic heterocycles. The van der Waals surface area contributed by atoms with E-state index in [9.17, 15) is 18.0 Å². The van der Waals surface area contributed by atoms with Crippen LogP contribution in [0.15, 0.2) is 42.7 Å². The van der Waals surface area contributed by atoms with Crippen molar-refractivity contribution in [2.45, 2.75) is 19.6 Å². The van der Waals surface area contributed by atoms with Crippen molar-refractivity contribution in [3.8, 4) is 11.1 Å². The number of rotatable bonds is 4. The summed E-state index contributed by atoms with van der Waals surface area (Å²) in [6.07, 6.45) is -1.39. The average molecular weight is 393 g/mol. The van der Waals surface area contributed by atoms with Crippen molar-refractivity contribution in [1.29, 1.82) is 0 Å². The van der Waals surface area contributed by atoms with Gasteiger partial charge in [0.2, 0.25) is 0 Å². The molecule has 0 radical (unpaired) electrons. The molecule has 0 spiro atoms. The lowest BCUT2D eigenvalue weighted by Crippen LogP contribution is -2.48. The predicted molar refractivity (Wildman–Crippen MR) is 98.5 cm³/mol. The molecule has 0 N–H and O–H groups in total. The van der Waals surface area contributed by atoms with Gasteiger partial charge in [-0.3, -0.25) is 9.88 Å². The Bertz CT molecular complexity index is 818. The predicted octanol–water partition coefficient (Wildman–Crippen LogP) is 4.04. The number of pyridine rings is 1. The number of aromatic nitrogens is 1. The first-order valence-corrected chi connectivity index (χ1v) is 9.12. The molecule has 1 aliphatic rings. The third-order valence-corrected chi connectivity index (χ3v) is 4.62. The van der Waals surface area contributed by atoms with Gasteiger partial charge >= 0.3 is 12.3 Å². The smallest absolute Gasteiger partial charge is 0.416 e. The number of hydrogen-bond acceptors (Lipinski definition) is 4. The van der Waals surface area contributed by atoms with Crippen LogP contribution in [0.5, 0.6) is 0 Å². The lowest BCUT2D eigenvalue weighted by Gasteiger charge is -2.34. The lowest BCUT2D eigenvalue weighted by atomic mass is 10.0. The van der Waals surface area contributed by atoms with E-state index >= 15 is 0 Å². The molecule has 28 heavy (non-hydrogen) atoms. The zero-order valence-electron chi connectivity index (χ0n) is 15.6. The van der Waals surface area contributed by atoms with Crippen LogP contribution in [0, 0.1) is 0 Å². The van der Waals surface area contributed by atoms with E-state index in [0.717, 1.165) is 17.7 Å². The molecule has 3 rings (SSSR count). The highest BCUT2D eigenvalue weighted by Crippen LogP contribution is 2.32. The molecule has 2 aromatic rings. The number of nitrogens with zero attached hydrogens (tertiary/aromatic N) is 3. The maximum absolute atomic E-state index is 12.9. The highest BCUT2D eigenvalue weighted by atomic mass is 19.4. The number of amides is 1. The first-order chi connectivity index (χ1) is 13.4. The first-order valence-electron chi connectivity index (χ1n) is 9.12. The second kappa shape index (κ2) is 8.60. The molecule has 1 amide bonds. The molecular formula is C20H22F3N3O2. The molecule has 0 unspecified atom stereocenters. The summed E-state index contributed by atoms with van der Waals surface area (Å²) in [4.78, 5) is 19.8. The van der Waals surface area contributed by atoms with Gasteiger partial charge in [-0.15, -0.1) is 0 Å². The molecule has 1 fully saturated rings. The monoisotopic (exact) mass is 393 g/mol. The maximum atomic E-state index is 12.9. The van der Waals surface area contributed by atoms with Crippen molar-refractivity contribution in [1.82, 2.24) is 14.8 Å². The van der Waals surface area contributed by atoms with Gasteiger partial charge in [0.1, 0.15) is 0 Å². The summed E-state index contributed by atoms with van der Waals surface area (Å²) in [7, 11) is 0. The van der Waals surface area contributed by atoms with E-state index in [4.69, 9.17) is 4.74 Å². The molecule has 0 aliphatic carbocycles. The molecule has 0 bridgehead atoms. The lowest BCUT2D eigenvalue weighted by molar-refractivity contribution is -0.137. The average Bonchev–Trinajstić information content (AvgIpc) is 2.68. The molecule has 0 saturated carbocycles. The summed E-state index contributed by atoms with van der Waals surface area (Å²) in [5, 5.41) is 0. The Balaban J connectivity index is 1.66. The molecule has 1 aromatic carbocycles. The zero-order chi connectivity index (χ0) is 20.1. The van der Waals surface area contributed by atoms with E-state index in [1.165, 1.54) is 6.07 Å². The highest BCUT2D eigenvalue weighted by molar-refractivity contribution is 5.67. The SMILES string of the molecule is CCOC(=O)N1CCN(Cc2cncc(-c3cccc(C(F)(F)F)c3)c2)CC1. The second-order valence-corrected chi connectivity index (χ2v) is 6.62. The quantitative estimate of drug-likeness (QED) is 0.787. The third-order valence-electron chi connectivity index (χ3n) is 4.62. The molecule has 8 heteroatoms. The molecule has 5 nitrogen and oxygen atoms in total. The van der Waals surface area contributed by atoms with Gasteiger partial charge in [0.15, 0.2) is 0 Å². The number of piperazine rings is 1. The summed E-state index contributed by atoms with van der Waals surface area (Å²) in [5.41, 5.74) is 1.37. The summed E-state index contributed by atoms with van der Waals surface area (Å²) in [6, 6.07) is 7.11. The molecular weight excluding hydrogens is 371 g/mol. The molecule has 2 heterocycles. The summed E-state index contributed by atoms with van der Waals surface area (Å²) < 4.78 is 43.9. The molecule has 0 atom stereocenters. The molecule has 1 saturated heterocycles. The Hall–Kier alpha value is -2.61. The van der Waals surface area contributed by atoms with Crippen LogP contribution in [0.2, 0.25) is 0 Å². The third kappa shape index (κ3) is 5.01. The van der Waals surface area contributed by atoms with Crippen molar-refractivity contribution in [3.63, 3.8) is 0 Å².